The molecule has 0 spiro atoms. The van der Waals surface area contributed by atoms with Crippen molar-refractivity contribution in [3.05, 3.63) is 70.7 Å². The second kappa shape index (κ2) is 10.6. The fraction of sp³-hybridized carbons (Fsp3) is 0.464. The van der Waals surface area contributed by atoms with Gasteiger partial charge in [0.15, 0.2) is 5.60 Å². The minimum atomic E-state index is -1.43. The Balaban J connectivity index is 1.82. The van der Waals surface area contributed by atoms with Gasteiger partial charge in [-0.2, -0.15) is 0 Å². The van der Waals surface area contributed by atoms with Crippen molar-refractivity contribution in [3.8, 4) is 0 Å². The van der Waals surface area contributed by atoms with Crippen molar-refractivity contribution >= 4 is 29.6 Å². The van der Waals surface area contributed by atoms with Gasteiger partial charge in [-0.1, -0.05) is 74.8 Å². The highest BCUT2D eigenvalue weighted by atomic mass is 35.5. The third-order valence-corrected chi connectivity index (χ3v) is 7.52. The molecule has 192 valence electrons. The quantitative estimate of drug-likeness (QED) is 0.472. The number of imide groups is 1. The van der Waals surface area contributed by atoms with Crippen molar-refractivity contribution < 1.29 is 28.6 Å². The van der Waals surface area contributed by atoms with E-state index in [1.54, 1.807) is 31.2 Å². The number of benzene rings is 2. The Labute approximate surface area is 216 Å². The summed E-state index contributed by atoms with van der Waals surface area (Å²) in [7, 11) is 0. The molecule has 2 aliphatic heterocycles. The summed E-state index contributed by atoms with van der Waals surface area (Å²) in [5.74, 6) is -2.37. The fourth-order valence-corrected chi connectivity index (χ4v) is 5.36. The number of hydrogen-bond acceptors (Lipinski definition) is 6. The molecule has 4 rings (SSSR count). The van der Waals surface area contributed by atoms with E-state index < -0.39 is 47.6 Å². The first-order chi connectivity index (χ1) is 17.2. The number of cyclic esters (lactones) is 1. The molecule has 2 saturated heterocycles. The van der Waals surface area contributed by atoms with Crippen LogP contribution in [0.25, 0.3) is 0 Å². The molecule has 0 saturated carbocycles. The van der Waals surface area contributed by atoms with Crippen LogP contribution in [0.5, 0.6) is 0 Å². The van der Waals surface area contributed by atoms with Gasteiger partial charge in [0.05, 0.1) is 24.7 Å². The highest BCUT2D eigenvalue weighted by Crippen LogP contribution is 2.51. The maximum Gasteiger partial charge on any atom is 0.416 e. The maximum atomic E-state index is 14.1. The topological polar surface area (TPSA) is 82.1 Å². The van der Waals surface area contributed by atoms with Crippen LogP contribution >= 0.6 is 11.6 Å². The molecule has 2 heterocycles. The van der Waals surface area contributed by atoms with Gasteiger partial charge in [-0.15, -0.1) is 0 Å². The highest BCUT2D eigenvalue weighted by molar-refractivity contribution is 6.30. The zero-order chi connectivity index (χ0) is 26.0. The van der Waals surface area contributed by atoms with E-state index in [9.17, 15) is 14.4 Å². The number of rotatable bonds is 7. The van der Waals surface area contributed by atoms with Gasteiger partial charge in [0, 0.05) is 17.4 Å². The van der Waals surface area contributed by atoms with Crippen molar-refractivity contribution in [2.45, 2.75) is 51.9 Å². The Morgan fingerprint density at radius 3 is 2.42 bits per heavy atom. The van der Waals surface area contributed by atoms with Gasteiger partial charge in [-0.25, -0.2) is 14.5 Å². The van der Waals surface area contributed by atoms with Crippen LogP contribution in [0.1, 0.15) is 44.9 Å². The molecular formula is C28H32ClNO6. The molecule has 0 aliphatic carbocycles. The van der Waals surface area contributed by atoms with Gasteiger partial charge in [0.1, 0.15) is 6.61 Å². The average Bonchev–Trinajstić information content (AvgIpc) is 3.38. The number of carbonyl (C=O) groups is 3. The van der Waals surface area contributed by atoms with Crippen molar-refractivity contribution in [1.29, 1.82) is 0 Å². The second-order valence-corrected chi connectivity index (χ2v) is 10.2. The smallest absolute Gasteiger partial charge is 0.416 e. The van der Waals surface area contributed by atoms with Crippen LogP contribution in [0.4, 0.5) is 4.79 Å². The van der Waals surface area contributed by atoms with Crippen molar-refractivity contribution in [2.24, 2.45) is 17.8 Å². The van der Waals surface area contributed by atoms with E-state index in [1.807, 2.05) is 51.1 Å². The van der Waals surface area contributed by atoms with Crippen LogP contribution in [-0.4, -0.2) is 47.7 Å². The van der Waals surface area contributed by atoms with Crippen LogP contribution in [0.2, 0.25) is 5.02 Å². The maximum absolute atomic E-state index is 14.1. The fourth-order valence-electron chi connectivity index (χ4n) is 5.23. The first-order valence-corrected chi connectivity index (χ1v) is 12.7. The Morgan fingerprint density at radius 2 is 1.81 bits per heavy atom. The number of amides is 2. The molecule has 2 fully saturated rings. The zero-order valence-corrected chi connectivity index (χ0v) is 21.7. The number of nitrogens with zero attached hydrogens (tertiary/aromatic N) is 1. The monoisotopic (exact) mass is 513 g/mol. The third kappa shape index (κ3) is 4.74. The Morgan fingerprint density at radius 1 is 1.14 bits per heavy atom. The summed E-state index contributed by atoms with van der Waals surface area (Å²) >= 11 is 6.13. The largest absolute Gasteiger partial charge is 0.464 e. The van der Waals surface area contributed by atoms with Crippen molar-refractivity contribution in [3.63, 3.8) is 0 Å². The Hall–Kier alpha value is -2.90. The van der Waals surface area contributed by atoms with Gasteiger partial charge in [0.25, 0.3) is 0 Å². The molecule has 0 radical (unpaired) electrons. The predicted molar refractivity (Wildman–Crippen MR) is 134 cm³/mol. The Bertz CT molecular complexity index is 1100. The van der Waals surface area contributed by atoms with E-state index in [0.29, 0.717) is 10.6 Å². The number of ether oxygens (including phenoxy) is 3. The zero-order valence-electron chi connectivity index (χ0n) is 21.0. The minimum Gasteiger partial charge on any atom is -0.464 e. The summed E-state index contributed by atoms with van der Waals surface area (Å²) in [6.07, 6.45) is -1.24. The van der Waals surface area contributed by atoms with Crippen LogP contribution in [0, 0.1) is 17.8 Å². The molecule has 0 unspecified atom stereocenters. The molecule has 2 amide bonds. The molecule has 0 N–H and O–H groups in total. The number of halogens is 1. The van der Waals surface area contributed by atoms with Crippen LogP contribution in [-0.2, 0) is 30.2 Å². The van der Waals surface area contributed by atoms with Crippen molar-refractivity contribution in [2.75, 3.05) is 13.2 Å². The first kappa shape index (κ1) is 26.2. The average molecular weight is 514 g/mol. The summed E-state index contributed by atoms with van der Waals surface area (Å²) in [5.41, 5.74) is 0.136. The molecule has 2 aliphatic rings. The predicted octanol–water partition coefficient (Wildman–Crippen LogP) is 5.21. The van der Waals surface area contributed by atoms with Crippen molar-refractivity contribution in [1.82, 2.24) is 4.90 Å². The van der Waals surface area contributed by atoms with E-state index in [0.717, 1.165) is 5.56 Å². The van der Waals surface area contributed by atoms with E-state index in [4.69, 9.17) is 25.8 Å². The number of carbonyl (C=O) groups excluding carboxylic acids is 3. The molecule has 8 heteroatoms. The highest BCUT2D eigenvalue weighted by Gasteiger charge is 2.62. The molecule has 5 atom stereocenters. The number of esters is 1. The molecule has 36 heavy (non-hydrogen) atoms. The molecule has 2 aromatic rings. The SMILES string of the molecule is CCOC(=O)[C@@]1(Cc2ccccc2)O[C@@H](c2ccc(Cl)cc2)[C@@H](C(=O)N2C(=O)OC[C@@H]2C(C)C)[C@@H]1C. The van der Waals surface area contributed by atoms with Crippen LogP contribution in [0.15, 0.2) is 54.6 Å². The summed E-state index contributed by atoms with van der Waals surface area (Å²) < 4.78 is 17.4. The lowest BCUT2D eigenvalue weighted by Gasteiger charge is -2.32. The second-order valence-electron chi connectivity index (χ2n) is 9.77. The third-order valence-electron chi connectivity index (χ3n) is 7.26. The first-order valence-electron chi connectivity index (χ1n) is 12.3. The summed E-state index contributed by atoms with van der Waals surface area (Å²) in [6.45, 7) is 7.75. The molecular weight excluding hydrogens is 482 g/mol. The minimum absolute atomic E-state index is 0.00569. The van der Waals surface area contributed by atoms with Gasteiger partial charge in [-0.3, -0.25) is 4.79 Å². The standard InChI is InChI=1S/C28H32ClNO6/c1-5-34-26(32)28(15-19-9-7-6-8-10-19)18(4)23(24(36-28)20-11-13-21(29)14-12-20)25(31)30-22(17(2)3)16-35-27(30)33/h6-14,17-18,22-24H,5,15-16H2,1-4H3/t18-,22+,23-,24-,28-/m0/s1. The van der Waals surface area contributed by atoms with E-state index in [-0.39, 0.29) is 25.6 Å². The van der Waals surface area contributed by atoms with E-state index >= 15 is 0 Å². The lowest BCUT2D eigenvalue weighted by molar-refractivity contribution is -0.174. The summed E-state index contributed by atoms with van der Waals surface area (Å²) in [5, 5.41) is 0.539. The lowest BCUT2D eigenvalue weighted by atomic mass is 9.75. The van der Waals surface area contributed by atoms with Gasteiger partial charge >= 0.3 is 12.1 Å². The van der Waals surface area contributed by atoms with Crippen LogP contribution < -0.4 is 0 Å². The molecule has 2 aromatic carbocycles. The summed E-state index contributed by atoms with van der Waals surface area (Å²) in [4.78, 5) is 41.6. The molecule has 7 nitrogen and oxygen atoms in total. The van der Waals surface area contributed by atoms with Gasteiger partial charge < -0.3 is 14.2 Å². The van der Waals surface area contributed by atoms with E-state index in [2.05, 4.69) is 0 Å². The molecule has 0 aromatic heterocycles. The lowest BCUT2D eigenvalue weighted by Crippen LogP contribution is -2.50. The van der Waals surface area contributed by atoms with Crippen LogP contribution in [0.3, 0.4) is 0 Å². The molecule has 0 bridgehead atoms. The Kier molecular flexibility index (Phi) is 7.71. The van der Waals surface area contributed by atoms with Gasteiger partial charge in [0.2, 0.25) is 5.91 Å². The van der Waals surface area contributed by atoms with E-state index in [1.165, 1.54) is 4.90 Å². The van der Waals surface area contributed by atoms with Gasteiger partial charge in [-0.05, 0) is 36.1 Å². The number of hydrogen-bond donors (Lipinski definition) is 0. The normalized spacial score (nSPS) is 27.8. The summed E-state index contributed by atoms with van der Waals surface area (Å²) in [6, 6.07) is 16.1.